The third kappa shape index (κ3) is 3.93. The van der Waals surface area contributed by atoms with Crippen molar-refractivity contribution in [3.05, 3.63) is 16.3 Å². The van der Waals surface area contributed by atoms with Crippen molar-refractivity contribution in [3.63, 3.8) is 0 Å². The molecule has 0 fully saturated rings. The molecule has 0 saturated carbocycles. The third-order valence-corrected chi connectivity index (χ3v) is 5.70. The van der Waals surface area contributed by atoms with Gasteiger partial charge in [-0.2, -0.15) is 4.31 Å². The standard InChI is InChI=1S/C10H17ClN2O2S2/c1-12(2)4-5-13(3)17(14,15)10-6-9(7-11)16-8-10/h6,8H,4-5,7H2,1-3H3. The zero-order chi connectivity index (χ0) is 13.1. The van der Waals surface area contributed by atoms with Gasteiger partial charge in [0.2, 0.25) is 10.0 Å². The van der Waals surface area contributed by atoms with Crippen LogP contribution in [0.4, 0.5) is 0 Å². The summed E-state index contributed by atoms with van der Waals surface area (Å²) in [5.74, 6) is 0.349. The Balaban J connectivity index is 2.79. The van der Waals surface area contributed by atoms with Crippen LogP contribution < -0.4 is 0 Å². The number of halogens is 1. The van der Waals surface area contributed by atoms with Crippen LogP contribution in [0.15, 0.2) is 16.3 Å². The Hall–Kier alpha value is -0.140. The quantitative estimate of drug-likeness (QED) is 0.750. The Bertz CT molecular complexity index is 457. The van der Waals surface area contributed by atoms with E-state index in [-0.39, 0.29) is 0 Å². The van der Waals surface area contributed by atoms with Gasteiger partial charge >= 0.3 is 0 Å². The van der Waals surface area contributed by atoms with Crippen molar-refractivity contribution in [3.8, 4) is 0 Å². The maximum absolute atomic E-state index is 12.1. The smallest absolute Gasteiger partial charge is 0.243 e. The fraction of sp³-hybridized carbons (Fsp3) is 0.600. The highest BCUT2D eigenvalue weighted by atomic mass is 35.5. The minimum Gasteiger partial charge on any atom is -0.308 e. The molecule has 98 valence electrons. The lowest BCUT2D eigenvalue weighted by Crippen LogP contribution is -2.33. The summed E-state index contributed by atoms with van der Waals surface area (Å²) in [4.78, 5) is 3.15. The van der Waals surface area contributed by atoms with Gasteiger partial charge in [0.15, 0.2) is 0 Å². The van der Waals surface area contributed by atoms with Crippen molar-refractivity contribution < 1.29 is 8.42 Å². The first-order valence-electron chi connectivity index (χ1n) is 5.12. The van der Waals surface area contributed by atoms with E-state index < -0.39 is 10.0 Å². The number of thiophene rings is 1. The SMILES string of the molecule is CN(C)CCN(C)S(=O)(=O)c1csc(CCl)c1. The predicted octanol–water partition coefficient (Wildman–Crippen LogP) is 1.67. The lowest BCUT2D eigenvalue weighted by atomic mass is 10.5. The van der Waals surface area contributed by atoms with E-state index >= 15 is 0 Å². The molecule has 0 saturated heterocycles. The second-order valence-electron chi connectivity index (χ2n) is 4.01. The van der Waals surface area contributed by atoms with Crippen LogP contribution in [-0.4, -0.2) is 51.9 Å². The number of hydrogen-bond donors (Lipinski definition) is 0. The van der Waals surface area contributed by atoms with Gasteiger partial charge in [0.05, 0.1) is 10.8 Å². The maximum Gasteiger partial charge on any atom is 0.243 e. The molecule has 0 aliphatic rings. The Morgan fingerprint density at radius 3 is 2.41 bits per heavy atom. The van der Waals surface area contributed by atoms with E-state index in [0.717, 1.165) is 4.88 Å². The average molecular weight is 297 g/mol. The van der Waals surface area contributed by atoms with Gasteiger partial charge in [0.25, 0.3) is 0 Å². The molecule has 1 aromatic rings. The van der Waals surface area contributed by atoms with Crippen LogP contribution in [0.1, 0.15) is 4.88 Å². The van der Waals surface area contributed by atoms with Crippen LogP contribution in [0, 0.1) is 0 Å². The molecule has 0 N–H and O–H groups in total. The van der Waals surface area contributed by atoms with E-state index in [1.165, 1.54) is 15.6 Å². The Morgan fingerprint density at radius 1 is 1.29 bits per heavy atom. The molecule has 0 aliphatic heterocycles. The summed E-state index contributed by atoms with van der Waals surface area (Å²) in [7, 11) is 2.06. The average Bonchev–Trinajstić information content (AvgIpc) is 2.74. The van der Waals surface area contributed by atoms with E-state index in [1.807, 2.05) is 19.0 Å². The van der Waals surface area contributed by atoms with Crippen LogP contribution >= 0.6 is 22.9 Å². The van der Waals surface area contributed by atoms with Gasteiger partial charge in [0.1, 0.15) is 0 Å². The number of nitrogens with zero attached hydrogens (tertiary/aromatic N) is 2. The molecule has 0 aromatic carbocycles. The highest BCUT2D eigenvalue weighted by Gasteiger charge is 2.21. The summed E-state index contributed by atoms with van der Waals surface area (Å²) in [6.07, 6.45) is 0. The summed E-state index contributed by atoms with van der Waals surface area (Å²) in [6.45, 7) is 1.17. The summed E-state index contributed by atoms with van der Waals surface area (Å²) in [5.41, 5.74) is 0. The summed E-state index contributed by atoms with van der Waals surface area (Å²) >= 11 is 7.04. The fourth-order valence-electron chi connectivity index (χ4n) is 1.21. The molecule has 17 heavy (non-hydrogen) atoms. The summed E-state index contributed by atoms with van der Waals surface area (Å²) in [5, 5.41) is 1.64. The van der Waals surface area contributed by atoms with Gasteiger partial charge in [-0.1, -0.05) is 0 Å². The minimum absolute atomic E-state index is 0.333. The Labute approximate surface area is 112 Å². The number of likely N-dealkylation sites (N-methyl/N-ethyl adjacent to an activating group) is 2. The van der Waals surface area contributed by atoms with Crippen LogP contribution in [-0.2, 0) is 15.9 Å². The van der Waals surface area contributed by atoms with Crippen molar-refractivity contribution in [2.24, 2.45) is 0 Å². The molecular weight excluding hydrogens is 280 g/mol. The molecule has 4 nitrogen and oxygen atoms in total. The fourth-order valence-corrected chi connectivity index (χ4v) is 3.74. The van der Waals surface area contributed by atoms with Gasteiger partial charge in [0, 0.05) is 30.4 Å². The zero-order valence-corrected chi connectivity index (χ0v) is 12.6. The van der Waals surface area contributed by atoms with Gasteiger partial charge in [-0.25, -0.2) is 8.42 Å². The minimum atomic E-state index is -3.37. The molecule has 1 rings (SSSR count). The lowest BCUT2D eigenvalue weighted by Gasteiger charge is -2.18. The summed E-state index contributed by atoms with van der Waals surface area (Å²) in [6, 6.07) is 1.64. The van der Waals surface area contributed by atoms with Crippen LogP contribution in [0.3, 0.4) is 0 Å². The number of hydrogen-bond acceptors (Lipinski definition) is 4. The molecular formula is C10H17ClN2O2S2. The van der Waals surface area contributed by atoms with E-state index in [2.05, 4.69) is 0 Å². The highest BCUT2D eigenvalue weighted by molar-refractivity contribution is 7.89. The number of rotatable bonds is 6. The number of alkyl halides is 1. The molecule has 0 amide bonds. The molecule has 0 atom stereocenters. The van der Waals surface area contributed by atoms with Crippen molar-refractivity contribution in [2.75, 3.05) is 34.2 Å². The van der Waals surface area contributed by atoms with Crippen LogP contribution in [0.5, 0.6) is 0 Å². The molecule has 0 spiro atoms. The highest BCUT2D eigenvalue weighted by Crippen LogP contribution is 2.23. The van der Waals surface area contributed by atoms with Gasteiger partial charge in [-0.05, 0) is 20.2 Å². The van der Waals surface area contributed by atoms with Crippen LogP contribution in [0.25, 0.3) is 0 Å². The normalized spacial score (nSPS) is 12.6. The summed E-state index contributed by atoms with van der Waals surface area (Å²) < 4.78 is 25.7. The van der Waals surface area contributed by atoms with Crippen molar-refractivity contribution >= 4 is 33.0 Å². The molecule has 0 bridgehead atoms. The molecule has 1 aromatic heterocycles. The van der Waals surface area contributed by atoms with Gasteiger partial charge < -0.3 is 4.90 Å². The molecule has 0 aliphatic carbocycles. The first-order valence-corrected chi connectivity index (χ1v) is 7.98. The number of sulfonamides is 1. The Morgan fingerprint density at radius 2 is 1.94 bits per heavy atom. The van der Waals surface area contributed by atoms with E-state index in [4.69, 9.17) is 11.6 Å². The van der Waals surface area contributed by atoms with E-state index in [1.54, 1.807) is 18.5 Å². The molecule has 0 radical (unpaired) electrons. The molecule has 0 unspecified atom stereocenters. The van der Waals surface area contributed by atoms with Crippen molar-refractivity contribution in [1.82, 2.24) is 9.21 Å². The van der Waals surface area contributed by atoms with Crippen molar-refractivity contribution in [2.45, 2.75) is 10.8 Å². The third-order valence-electron chi connectivity index (χ3n) is 2.33. The first-order chi connectivity index (χ1) is 7.87. The lowest BCUT2D eigenvalue weighted by molar-refractivity contribution is 0.358. The molecule has 1 heterocycles. The zero-order valence-electron chi connectivity index (χ0n) is 10.2. The largest absolute Gasteiger partial charge is 0.308 e. The molecule has 7 heteroatoms. The van der Waals surface area contributed by atoms with Crippen LogP contribution in [0.2, 0.25) is 0 Å². The van der Waals surface area contributed by atoms with E-state index in [9.17, 15) is 8.42 Å². The van der Waals surface area contributed by atoms with Gasteiger partial charge in [-0.15, -0.1) is 22.9 Å². The Kier molecular flexibility index (Phi) is 5.40. The van der Waals surface area contributed by atoms with Gasteiger partial charge in [-0.3, -0.25) is 0 Å². The predicted molar refractivity (Wildman–Crippen MR) is 72.2 cm³/mol. The monoisotopic (exact) mass is 296 g/mol. The second kappa shape index (κ2) is 6.15. The van der Waals surface area contributed by atoms with E-state index in [0.29, 0.717) is 23.9 Å². The first kappa shape index (κ1) is 14.9. The second-order valence-corrected chi connectivity index (χ2v) is 7.32. The maximum atomic E-state index is 12.1. The van der Waals surface area contributed by atoms with Crippen molar-refractivity contribution in [1.29, 1.82) is 0 Å². The topological polar surface area (TPSA) is 40.6 Å².